The average molecular weight is 189 g/mol. The van der Waals surface area contributed by atoms with Gasteiger partial charge in [-0.1, -0.05) is 25.3 Å². The summed E-state index contributed by atoms with van der Waals surface area (Å²) in [6, 6.07) is 0. The van der Waals surface area contributed by atoms with Crippen LogP contribution in [0.2, 0.25) is 0 Å². The molecular weight excluding hydrogens is 170 g/mol. The molecule has 0 aromatic heterocycles. The summed E-state index contributed by atoms with van der Waals surface area (Å²) in [6.45, 7) is 13.3. The maximum Gasteiger partial charge on any atom is 0.0366 e. The third-order valence-corrected chi connectivity index (χ3v) is 2.58. The van der Waals surface area contributed by atoms with Crippen molar-refractivity contribution in [3.8, 4) is 0 Å². The van der Waals surface area contributed by atoms with Crippen LogP contribution >= 0.6 is 0 Å². The number of likely N-dealkylation sites (tertiary alicyclic amines) is 1. The van der Waals surface area contributed by atoms with Gasteiger partial charge in [-0.2, -0.15) is 0 Å². The Labute approximate surface area is 87.1 Å². The summed E-state index contributed by atoms with van der Waals surface area (Å²) in [7, 11) is 0. The highest BCUT2D eigenvalue weighted by atomic mass is 15.1. The molecule has 0 aromatic carbocycles. The Morgan fingerprint density at radius 1 is 1.43 bits per heavy atom. The van der Waals surface area contributed by atoms with Crippen molar-refractivity contribution in [2.45, 2.75) is 26.7 Å². The Morgan fingerprint density at radius 3 is 2.71 bits per heavy atom. The number of piperidine rings is 1. The fourth-order valence-corrected chi connectivity index (χ4v) is 1.79. The monoisotopic (exact) mass is 189 g/mol. The van der Waals surface area contributed by atoms with E-state index in [-0.39, 0.29) is 0 Å². The second-order valence-corrected chi connectivity index (χ2v) is 3.51. The van der Waals surface area contributed by atoms with E-state index in [9.17, 15) is 0 Å². The number of nitrogens with zero attached hydrogens (tertiary/aromatic N) is 1. The molecule has 1 nitrogen and oxygen atoms in total. The highest BCUT2D eigenvalue weighted by Crippen LogP contribution is 2.27. The summed E-state index contributed by atoms with van der Waals surface area (Å²) in [5, 5.41) is 0. The van der Waals surface area contributed by atoms with Crippen LogP contribution in [0, 0.1) is 0 Å². The summed E-state index contributed by atoms with van der Waals surface area (Å²) in [5.74, 6) is 0. The fourth-order valence-electron chi connectivity index (χ4n) is 1.79. The maximum atomic E-state index is 4.11. The molecule has 0 radical (unpaired) electrons. The predicted molar refractivity (Wildman–Crippen MR) is 62.8 cm³/mol. The normalized spacial score (nSPS) is 20.9. The Balaban J connectivity index is 2.80. The van der Waals surface area contributed by atoms with Gasteiger partial charge in [0.2, 0.25) is 0 Å². The highest BCUT2D eigenvalue weighted by molar-refractivity contribution is 5.34. The quantitative estimate of drug-likeness (QED) is 0.599. The van der Waals surface area contributed by atoms with Crippen LogP contribution in [0.25, 0.3) is 0 Å². The van der Waals surface area contributed by atoms with Gasteiger partial charge in [0.25, 0.3) is 0 Å². The van der Waals surface area contributed by atoms with Crippen molar-refractivity contribution in [2.75, 3.05) is 6.54 Å². The summed E-state index contributed by atoms with van der Waals surface area (Å²) < 4.78 is 0. The van der Waals surface area contributed by atoms with E-state index in [1.807, 2.05) is 19.1 Å². The second kappa shape index (κ2) is 4.85. The first-order chi connectivity index (χ1) is 6.70. The molecule has 0 N–H and O–H groups in total. The van der Waals surface area contributed by atoms with Crippen molar-refractivity contribution in [3.63, 3.8) is 0 Å². The van der Waals surface area contributed by atoms with Gasteiger partial charge in [-0.15, -0.1) is 0 Å². The van der Waals surface area contributed by atoms with Gasteiger partial charge in [0.05, 0.1) is 0 Å². The van der Waals surface area contributed by atoms with Gasteiger partial charge >= 0.3 is 0 Å². The zero-order chi connectivity index (χ0) is 10.6. The average Bonchev–Trinajstić information content (AvgIpc) is 2.18. The summed E-state index contributed by atoms with van der Waals surface area (Å²) in [6.07, 6.45) is 8.53. The first-order valence-corrected chi connectivity index (χ1v) is 5.14. The molecule has 1 aliphatic rings. The van der Waals surface area contributed by atoms with Crippen molar-refractivity contribution in [1.82, 2.24) is 4.90 Å². The first-order valence-electron chi connectivity index (χ1n) is 5.14. The molecule has 0 aromatic rings. The molecule has 1 rings (SSSR count). The molecule has 0 atom stereocenters. The molecule has 0 amide bonds. The van der Waals surface area contributed by atoms with E-state index < -0.39 is 0 Å². The van der Waals surface area contributed by atoms with E-state index >= 15 is 0 Å². The molecular formula is C13H19N. The van der Waals surface area contributed by atoms with Crippen molar-refractivity contribution >= 4 is 0 Å². The predicted octanol–water partition coefficient (Wildman–Crippen LogP) is 3.63. The lowest BCUT2D eigenvalue weighted by Crippen LogP contribution is -2.27. The Kier molecular flexibility index (Phi) is 3.75. The molecule has 1 fully saturated rings. The smallest absolute Gasteiger partial charge is 0.0366 e. The van der Waals surface area contributed by atoms with E-state index in [0.717, 1.165) is 24.4 Å². The molecule has 1 aliphatic heterocycles. The molecule has 1 saturated heterocycles. The zero-order valence-electron chi connectivity index (χ0n) is 9.21. The summed E-state index contributed by atoms with van der Waals surface area (Å²) in [4.78, 5) is 2.19. The molecule has 14 heavy (non-hydrogen) atoms. The van der Waals surface area contributed by atoms with Gasteiger partial charge in [-0.3, -0.25) is 0 Å². The van der Waals surface area contributed by atoms with E-state index in [2.05, 4.69) is 31.1 Å². The van der Waals surface area contributed by atoms with E-state index in [1.54, 1.807) is 0 Å². The van der Waals surface area contributed by atoms with Gasteiger partial charge in [-0.25, -0.2) is 0 Å². The number of hydrogen-bond donors (Lipinski definition) is 0. The minimum atomic E-state index is 1.04. The van der Waals surface area contributed by atoms with Crippen LogP contribution in [0.5, 0.6) is 0 Å². The van der Waals surface area contributed by atoms with Gasteiger partial charge in [0, 0.05) is 17.9 Å². The number of hydrogen-bond acceptors (Lipinski definition) is 1. The molecule has 1 heteroatoms. The van der Waals surface area contributed by atoms with Gasteiger partial charge in [0.1, 0.15) is 0 Å². The maximum absolute atomic E-state index is 4.11. The standard InChI is InChI=1S/C13H19N/c1-5-8-11(3)14-10-7-9-13(6-2)12(14)4/h5-6,8H,3-4,7,9-10H2,1-2H3/b8-5-,13-6-. The Morgan fingerprint density at radius 2 is 2.14 bits per heavy atom. The summed E-state index contributed by atoms with van der Waals surface area (Å²) in [5.41, 5.74) is 3.50. The minimum absolute atomic E-state index is 1.04. The van der Waals surface area contributed by atoms with Crippen molar-refractivity contribution < 1.29 is 0 Å². The second-order valence-electron chi connectivity index (χ2n) is 3.51. The molecule has 1 heterocycles. The fraction of sp³-hybridized carbons (Fsp3) is 0.385. The van der Waals surface area contributed by atoms with E-state index in [4.69, 9.17) is 0 Å². The Hall–Kier alpha value is -1.24. The van der Waals surface area contributed by atoms with Crippen LogP contribution in [-0.2, 0) is 0 Å². The van der Waals surface area contributed by atoms with Gasteiger partial charge in [0.15, 0.2) is 0 Å². The zero-order valence-corrected chi connectivity index (χ0v) is 9.21. The third-order valence-electron chi connectivity index (χ3n) is 2.58. The van der Waals surface area contributed by atoms with Crippen LogP contribution < -0.4 is 0 Å². The van der Waals surface area contributed by atoms with Crippen LogP contribution in [-0.4, -0.2) is 11.4 Å². The van der Waals surface area contributed by atoms with E-state index in [1.165, 1.54) is 12.0 Å². The molecule has 76 valence electrons. The highest BCUT2D eigenvalue weighted by Gasteiger charge is 2.17. The molecule has 0 aliphatic carbocycles. The number of rotatable bonds is 2. The molecule has 0 saturated carbocycles. The lowest BCUT2D eigenvalue weighted by Gasteiger charge is -2.33. The largest absolute Gasteiger partial charge is 0.342 e. The molecule has 0 bridgehead atoms. The van der Waals surface area contributed by atoms with Crippen LogP contribution in [0.15, 0.2) is 48.4 Å². The topological polar surface area (TPSA) is 3.24 Å². The van der Waals surface area contributed by atoms with Crippen molar-refractivity contribution in [1.29, 1.82) is 0 Å². The third kappa shape index (κ3) is 2.16. The van der Waals surface area contributed by atoms with E-state index in [0.29, 0.717) is 0 Å². The lowest BCUT2D eigenvalue weighted by atomic mass is 10.0. The molecule has 0 spiro atoms. The Bertz CT molecular complexity index is 294. The van der Waals surface area contributed by atoms with Crippen LogP contribution in [0.3, 0.4) is 0 Å². The molecule has 0 unspecified atom stereocenters. The van der Waals surface area contributed by atoms with Crippen molar-refractivity contribution in [2.24, 2.45) is 0 Å². The lowest BCUT2D eigenvalue weighted by molar-refractivity contribution is 0.405. The van der Waals surface area contributed by atoms with Gasteiger partial charge in [-0.05, 0) is 38.3 Å². The first kappa shape index (κ1) is 10.8. The van der Waals surface area contributed by atoms with Gasteiger partial charge < -0.3 is 4.90 Å². The van der Waals surface area contributed by atoms with Crippen LogP contribution in [0.1, 0.15) is 26.7 Å². The number of allylic oxidation sites excluding steroid dienone is 4. The van der Waals surface area contributed by atoms with Crippen molar-refractivity contribution in [3.05, 3.63) is 48.4 Å². The summed E-state index contributed by atoms with van der Waals surface area (Å²) >= 11 is 0. The SMILES string of the molecule is C=C(/C=C\C)N1CCC/C(=C/C)C1=C. The minimum Gasteiger partial charge on any atom is -0.342 e. The van der Waals surface area contributed by atoms with Crippen LogP contribution in [0.4, 0.5) is 0 Å².